The number of ether oxygens (including phenoxy) is 1. The Bertz CT molecular complexity index is 1060. The third-order valence-electron chi connectivity index (χ3n) is 10.2. The number of benzene rings is 1. The molecular formula is C29H34O3. The van der Waals surface area contributed by atoms with Crippen LogP contribution in [0.25, 0.3) is 0 Å². The lowest BCUT2D eigenvalue weighted by molar-refractivity contribution is -0.114. The van der Waals surface area contributed by atoms with Crippen LogP contribution in [0.15, 0.2) is 47.1 Å². The maximum absolute atomic E-state index is 12.2. The molecule has 3 saturated carbocycles. The highest BCUT2D eigenvalue weighted by Gasteiger charge is 2.74. The van der Waals surface area contributed by atoms with E-state index in [4.69, 9.17) is 4.74 Å². The molecule has 1 aromatic carbocycles. The van der Waals surface area contributed by atoms with Crippen molar-refractivity contribution in [1.29, 1.82) is 0 Å². The second-order valence-corrected chi connectivity index (χ2v) is 11.4. The maximum Gasteiger partial charge on any atom is 0.159 e. The molecule has 0 radical (unpaired) electrons. The van der Waals surface area contributed by atoms with Gasteiger partial charge in [0, 0.05) is 30.4 Å². The molecule has 6 rings (SSSR count). The largest absolute Gasteiger partial charge is 0.384 e. The molecule has 5 aliphatic rings. The lowest BCUT2D eigenvalue weighted by Gasteiger charge is -2.54. The van der Waals surface area contributed by atoms with E-state index in [1.54, 1.807) is 12.5 Å². The predicted octanol–water partition coefficient (Wildman–Crippen LogP) is 6.05. The first-order valence-electron chi connectivity index (χ1n) is 12.4. The maximum atomic E-state index is 12.2. The van der Waals surface area contributed by atoms with Gasteiger partial charge in [0.1, 0.15) is 0 Å². The van der Waals surface area contributed by atoms with Gasteiger partial charge in [-0.15, -0.1) is 0 Å². The van der Waals surface area contributed by atoms with Crippen molar-refractivity contribution in [2.75, 3.05) is 13.7 Å². The van der Waals surface area contributed by atoms with E-state index in [9.17, 15) is 9.59 Å². The molecule has 32 heavy (non-hydrogen) atoms. The van der Waals surface area contributed by atoms with E-state index in [0.29, 0.717) is 29.5 Å². The Kier molecular flexibility index (Phi) is 4.50. The lowest BCUT2D eigenvalue weighted by Crippen LogP contribution is -2.46. The molecule has 0 unspecified atom stereocenters. The number of hydrogen-bond acceptors (Lipinski definition) is 3. The third-order valence-corrected chi connectivity index (χ3v) is 10.2. The Balaban J connectivity index is 1.49. The summed E-state index contributed by atoms with van der Waals surface area (Å²) in [6.07, 6.45) is 9.57. The number of rotatable bonds is 4. The van der Waals surface area contributed by atoms with Crippen LogP contribution in [0, 0.1) is 28.6 Å². The Morgan fingerprint density at radius 1 is 1.12 bits per heavy atom. The van der Waals surface area contributed by atoms with Crippen LogP contribution in [0.4, 0.5) is 0 Å². The number of carbonyl (C=O) groups excluding carboxylic acids is 2. The molecule has 168 valence electrons. The van der Waals surface area contributed by atoms with Gasteiger partial charge in [0.05, 0.1) is 6.61 Å². The first-order valence-corrected chi connectivity index (χ1v) is 12.4. The summed E-state index contributed by atoms with van der Waals surface area (Å²) < 4.78 is 5.81. The molecule has 0 heterocycles. The Morgan fingerprint density at radius 3 is 2.62 bits per heavy atom. The number of methoxy groups -OCH3 is 1. The van der Waals surface area contributed by atoms with E-state index in [2.05, 4.69) is 19.1 Å². The van der Waals surface area contributed by atoms with Crippen LogP contribution < -0.4 is 0 Å². The third kappa shape index (κ3) is 2.70. The summed E-state index contributed by atoms with van der Waals surface area (Å²) in [4.78, 5) is 24.1. The van der Waals surface area contributed by atoms with E-state index >= 15 is 0 Å². The molecule has 0 aromatic heterocycles. The molecule has 0 amide bonds. The number of allylic oxidation sites excluding steroid dienone is 4. The molecule has 3 heteroatoms. The lowest BCUT2D eigenvalue weighted by atomic mass is 9.50. The Labute approximate surface area is 191 Å². The van der Waals surface area contributed by atoms with Crippen LogP contribution >= 0.6 is 0 Å². The van der Waals surface area contributed by atoms with Gasteiger partial charge in [-0.2, -0.15) is 0 Å². The van der Waals surface area contributed by atoms with Gasteiger partial charge in [0.25, 0.3) is 0 Å². The van der Waals surface area contributed by atoms with Crippen molar-refractivity contribution >= 4 is 11.6 Å². The van der Waals surface area contributed by atoms with Crippen LogP contribution in [0.3, 0.4) is 0 Å². The molecule has 6 atom stereocenters. The van der Waals surface area contributed by atoms with E-state index in [1.807, 2.05) is 25.3 Å². The van der Waals surface area contributed by atoms with Crippen molar-refractivity contribution in [3.63, 3.8) is 0 Å². The molecule has 0 bridgehead atoms. The fraction of sp³-hybridized carbons (Fsp3) is 0.586. The summed E-state index contributed by atoms with van der Waals surface area (Å²) in [7, 11) is 1.87. The monoisotopic (exact) mass is 430 g/mol. The van der Waals surface area contributed by atoms with Gasteiger partial charge in [0.15, 0.2) is 11.6 Å². The SMILES string of the molecule is COC[C@@]12C[C@@H]1C[C@H]1[C@@H]3CCC4=CC(=O)CCC4=C3[C@@H](c3ccc(C(C)=O)cc3)C[C@@]12C. The normalized spacial score (nSPS) is 39.6. The quantitative estimate of drug-likeness (QED) is 0.546. The standard InChI is InChI=1S/C29H34O3/c1-17(30)18-4-6-19(7-5-18)25-15-28(2)26(13-21-14-29(21,28)16-32-3)24-10-8-20-12-22(31)9-11-23(20)27(24)25/h4-7,12,21,24-26H,8-11,13-16H2,1-3H3/t21-,24-,25+,26-,28-,29-/m0/s1. The highest BCUT2D eigenvalue weighted by molar-refractivity contribution is 5.94. The second kappa shape index (κ2) is 7.00. The first kappa shape index (κ1) is 20.6. The van der Waals surface area contributed by atoms with Crippen LogP contribution in [-0.4, -0.2) is 25.3 Å². The molecule has 5 aliphatic carbocycles. The number of ketones is 2. The first-order chi connectivity index (χ1) is 15.4. The van der Waals surface area contributed by atoms with E-state index < -0.39 is 0 Å². The van der Waals surface area contributed by atoms with Gasteiger partial charge in [-0.05, 0) is 91.4 Å². The van der Waals surface area contributed by atoms with Crippen molar-refractivity contribution < 1.29 is 14.3 Å². The van der Waals surface area contributed by atoms with Gasteiger partial charge in [0.2, 0.25) is 0 Å². The number of hydrogen-bond donors (Lipinski definition) is 0. The topological polar surface area (TPSA) is 43.4 Å². The highest BCUT2D eigenvalue weighted by atomic mass is 16.5. The van der Waals surface area contributed by atoms with Crippen LogP contribution in [-0.2, 0) is 9.53 Å². The minimum absolute atomic E-state index is 0.122. The Hall–Kier alpha value is -2.00. The minimum Gasteiger partial charge on any atom is -0.384 e. The van der Waals surface area contributed by atoms with Gasteiger partial charge in [-0.1, -0.05) is 36.8 Å². The van der Waals surface area contributed by atoms with Crippen molar-refractivity contribution in [3.8, 4) is 0 Å². The molecule has 0 aliphatic heterocycles. The minimum atomic E-state index is 0.122. The summed E-state index contributed by atoms with van der Waals surface area (Å²) in [5.41, 5.74) is 7.23. The smallest absolute Gasteiger partial charge is 0.159 e. The van der Waals surface area contributed by atoms with Gasteiger partial charge in [-0.25, -0.2) is 0 Å². The van der Waals surface area contributed by atoms with Crippen molar-refractivity contribution in [3.05, 3.63) is 58.2 Å². The van der Waals surface area contributed by atoms with Gasteiger partial charge in [-0.3, -0.25) is 9.59 Å². The van der Waals surface area contributed by atoms with Gasteiger partial charge >= 0.3 is 0 Å². The summed E-state index contributed by atoms with van der Waals surface area (Å²) in [5.74, 6) is 2.96. The number of fused-ring (bicyclic) bond motifs is 6. The number of Topliss-reactive ketones (excluding diaryl/α,β-unsaturated/α-hetero) is 1. The van der Waals surface area contributed by atoms with Crippen molar-refractivity contribution in [2.45, 2.75) is 64.7 Å². The zero-order chi connectivity index (χ0) is 22.3. The molecule has 1 aromatic rings. The summed E-state index contributed by atoms with van der Waals surface area (Å²) in [5, 5.41) is 0. The van der Waals surface area contributed by atoms with Gasteiger partial charge < -0.3 is 4.74 Å². The summed E-state index contributed by atoms with van der Waals surface area (Å²) >= 11 is 0. The Morgan fingerprint density at radius 2 is 1.91 bits per heavy atom. The zero-order valence-electron chi connectivity index (χ0n) is 19.6. The zero-order valence-corrected chi connectivity index (χ0v) is 19.6. The van der Waals surface area contributed by atoms with Crippen LogP contribution in [0.2, 0.25) is 0 Å². The average molecular weight is 431 g/mol. The summed E-state index contributed by atoms with van der Waals surface area (Å²) in [6.45, 7) is 5.09. The molecule has 3 nitrogen and oxygen atoms in total. The highest BCUT2D eigenvalue weighted by Crippen LogP contribution is 2.80. The molecular weight excluding hydrogens is 396 g/mol. The fourth-order valence-corrected chi connectivity index (χ4v) is 8.56. The van der Waals surface area contributed by atoms with E-state index in [0.717, 1.165) is 43.3 Å². The van der Waals surface area contributed by atoms with Crippen molar-refractivity contribution in [1.82, 2.24) is 0 Å². The van der Waals surface area contributed by atoms with Crippen LogP contribution in [0.1, 0.15) is 80.6 Å². The molecule has 0 spiro atoms. The fourth-order valence-electron chi connectivity index (χ4n) is 8.56. The molecule has 3 fully saturated rings. The second-order valence-electron chi connectivity index (χ2n) is 11.4. The van der Waals surface area contributed by atoms with E-state index in [-0.39, 0.29) is 11.2 Å². The molecule has 0 N–H and O–H groups in total. The van der Waals surface area contributed by atoms with E-state index in [1.165, 1.54) is 36.0 Å². The average Bonchev–Trinajstić information content (AvgIpc) is 3.43. The summed E-state index contributed by atoms with van der Waals surface area (Å²) in [6, 6.07) is 8.42. The molecule has 0 saturated heterocycles. The van der Waals surface area contributed by atoms with Crippen molar-refractivity contribution in [2.24, 2.45) is 28.6 Å². The number of carbonyl (C=O) groups is 2. The van der Waals surface area contributed by atoms with Crippen LogP contribution in [0.5, 0.6) is 0 Å². The predicted molar refractivity (Wildman–Crippen MR) is 125 cm³/mol.